The fraction of sp³-hybridized carbons (Fsp3) is 0.400. The number of hydrogen-bond donors (Lipinski definition) is 1. The summed E-state index contributed by atoms with van der Waals surface area (Å²) in [4.78, 5) is 23.6. The van der Waals surface area contributed by atoms with Crippen LogP contribution in [0.15, 0.2) is 57.8 Å². The quantitative estimate of drug-likeness (QED) is 0.207. The van der Waals surface area contributed by atoms with Crippen molar-refractivity contribution >= 4 is 0 Å². The number of ether oxygens (including phenoxy) is 2. The predicted octanol–water partition coefficient (Wildman–Crippen LogP) is 5.92. The van der Waals surface area contributed by atoms with E-state index < -0.39 is 5.76 Å². The van der Waals surface area contributed by atoms with Crippen LogP contribution in [0.25, 0.3) is 22.5 Å². The molecule has 0 amide bonds. The Hall–Kier alpha value is -3.78. The number of H-pyrrole nitrogens is 1. The Morgan fingerprint density at radius 3 is 2.37 bits per heavy atom. The van der Waals surface area contributed by atoms with Gasteiger partial charge in [0.05, 0.1) is 12.3 Å². The maximum atomic E-state index is 11.5. The van der Waals surface area contributed by atoms with Crippen molar-refractivity contribution in [3.05, 3.63) is 81.7 Å². The molecule has 0 atom stereocenters. The summed E-state index contributed by atoms with van der Waals surface area (Å²) in [7, 11) is 0. The van der Waals surface area contributed by atoms with Crippen molar-refractivity contribution in [1.29, 1.82) is 0 Å². The molecule has 8 heteroatoms. The van der Waals surface area contributed by atoms with Gasteiger partial charge in [-0.25, -0.2) is 9.78 Å². The first-order chi connectivity index (χ1) is 18.6. The first-order valence-electron chi connectivity index (χ1n) is 13.4. The number of aromatic nitrogens is 4. The molecule has 0 saturated carbocycles. The number of hydrogen-bond acceptors (Lipinski definition) is 7. The molecule has 2 aromatic carbocycles. The molecular formula is C30H36N4O4. The van der Waals surface area contributed by atoms with Crippen molar-refractivity contribution in [2.45, 2.75) is 59.3 Å². The van der Waals surface area contributed by atoms with Gasteiger partial charge >= 0.3 is 5.76 Å². The first kappa shape index (κ1) is 27.3. The predicted molar refractivity (Wildman–Crippen MR) is 147 cm³/mol. The van der Waals surface area contributed by atoms with E-state index in [2.05, 4.69) is 53.2 Å². The zero-order valence-electron chi connectivity index (χ0n) is 22.5. The third kappa shape index (κ3) is 7.16. The Balaban J connectivity index is 1.56. The number of nitrogens with zero attached hydrogens (tertiary/aromatic N) is 3. The van der Waals surface area contributed by atoms with E-state index in [1.165, 1.54) is 0 Å². The van der Waals surface area contributed by atoms with Crippen molar-refractivity contribution in [1.82, 2.24) is 20.1 Å². The molecular weight excluding hydrogens is 480 g/mol. The fourth-order valence-corrected chi connectivity index (χ4v) is 4.31. The highest BCUT2D eigenvalue weighted by Gasteiger charge is 2.16. The maximum absolute atomic E-state index is 11.5. The van der Waals surface area contributed by atoms with Gasteiger partial charge < -0.3 is 9.47 Å². The van der Waals surface area contributed by atoms with Crippen molar-refractivity contribution in [2.24, 2.45) is 0 Å². The Labute approximate surface area is 223 Å². The van der Waals surface area contributed by atoms with E-state index in [1.807, 2.05) is 31.2 Å². The molecule has 2 aromatic heterocycles. The lowest BCUT2D eigenvalue weighted by molar-refractivity contribution is 0.0960. The second kappa shape index (κ2) is 13.7. The SMILES string of the molecule is CCCCOCCOc1nc(C)nc(CCCC)c1Cc1ccc(-c2ccccc2-c2noc(=O)[nH]2)cc1. The molecule has 0 spiro atoms. The van der Waals surface area contributed by atoms with Gasteiger partial charge in [0.25, 0.3) is 0 Å². The van der Waals surface area contributed by atoms with Gasteiger partial charge in [-0.1, -0.05) is 80.4 Å². The molecule has 0 aliphatic carbocycles. The van der Waals surface area contributed by atoms with E-state index in [0.29, 0.717) is 31.3 Å². The molecule has 2 heterocycles. The van der Waals surface area contributed by atoms with Crippen LogP contribution in [0, 0.1) is 6.92 Å². The van der Waals surface area contributed by atoms with E-state index in [-0.39, 0.29) is 0 Å². The molecule has 0 aliphatic rings. The summed E-state index contributed by atoms with van der Waals surface area (Å²) >= 11 is 0. The molecule has 0 aliphatic heterocycles. The number of unbranched alkanes of at least 4 members (excludes halogenated alkanes) is 2. The van der Waals surface area contributed by atoms with Crippen LogP contribution in [-0.2, 0) is 17.6 Å². The smallest absolute Gasteiger partial charge is 0.439 e. The highest BCUT2D eigenvalue weighted by atomic mass is 16.5. The monoisotopic (exact) mass is 516 g/mol. The standard InChI is InChI=1S/C30H36N4O4/c1-4-6-12-27-26(29(32-21(3)31-27)37-19-18-36-17-7-5-2)20-22-13-15-23(16-14-22)24-10-8-9-11-25(24)28-33-30(35)38-34-28/h8-11,13-16H,4-7,12,17-20H2,1-3H3,(H,33,34,35). The highest BCUT2D eigenvalue weighted by molar-refractivity contribution is 5.80. The number of nitrogens with one attached hydrogen (secondary N) is 1. The number of aryl methyl sites for hydroxylation is 2. The number of rotatable bonds is 14. The molecule has 0 saturated heterocycles. The average Bonchev–Trinajstić information content (AvgIpc) is 3.37. The Bertz CT molecular complexity index is 1360. The minimum Gasteiger partial charge on any atom is -0.475 e. The lowest BCUT2D eigenvalue weighted by Gasteiger charge is -2.16. The van der Waals surface area contributed by atoms with Gasteiger partial charge in [-0.05, 0) is 42.9 Å². The van der Waals surface area contributed by atoms with Crippen LogP contribution >= 0.6 is 0 Å². The van der Waals surface area contributed by atoms with Gasteiger partial charge in [-0.2, -0.15) is 4.98 Å². The minimum absolute atomic E-state index is 0.410. The largest absolute Gasteiger partial charge is 0.475 e. The van der Waals surface area contributed by atoms with Crippen molar-refractivity contribution in [3.8, 4) is 28.4 Å². The highest BCUT2D eigenvalue weighted by Crippen LogP contribution is 2.31. The number of aromatic amines is 1. The molecule has 4 aromatic rings. The summed E-state index contributed by atoms with van der Waals surface area (Å²) < 4.78 is 16.5. The average molecular weight is 517 g/mol. The van der Waals surface area contributed by atoms with E-state index in [9.17, 15) is 4.79 Å². The Morgan fingerprint density at radius 2 is 1.66 bits per heavy atom. The van der Waals surface area contributed by atoms with Gasteiger partial charge in [-0.15, -0.1) is 0 Å². The van der Waals surface area contributed by atoms with Crippen LogP contribution in [0.1, 0.15) is 62.2 Å². The van der Waals surface area contributed by atoms with Crippen LogP contribution in [0.4, 0.5) is 0 Å². The summed E-state index contributed by atoms with van der Waals surface area (Å²) in [6, 6.07) is 16.2. The molecule has 0 bridgehead atoms. The molecule has 0 unspecified atom stereocenters. The van der Waals surface area contributed by atoms with E-state index in [1.54, 1.807) is 0 Å². The normalized spacial score (nSPS) is 11.1. The number of benzene rings is 2. The minimum atomic E-state index is -0.574. The third-order valence-electron chi connectivity index (χ3n) is 6.31. The molecule has 0 fully saturated rings. The lowest BCUT2D eigenvalue weighted by atomic mass is 9.96. The van der Waals surface area contributed by atoms with Crippen LogP contribution < -0.4 is 10.5 Å². The van der Waals surface area contributed by atoms with Gasteiger partial charge in [0, 0.05) is 24.2 Å². The van der Waals surface area contributed by atoms with Crippen molar-refractivity contribution < 1.29 is 14.0 Å². The summed E-state index contributed by atoms with van der Waals surface area (Å²) in [6.45, 7) is 8.00. The molecule has 1 N–H and O–H groups in total. The van der Waals surface area contributed by atoms with E-state index in [4.69, 9.17) is 19.0 Å². The van der Waals surface area contributed by atoms with Crippen LogP contribution in [0.5, 0.6) is 5.88 Å². The molecule has 4 rings (SSSR count). The second-order valence-corrected chi connectivity index (χ2v) is 9.28. The summed E-state index contributed by atoms with van der Waals surface area (Å²) in [5.41, 5.74) is 5.99. The van der Waals surface area contributed by atoms with Gasteiger partial charge in [0.1, 0.15) is 12.4 Å². The molecule has 200 valence electrons. The van der Waals surface area contributed by atoms with Gasteiger partial charge in [0.2, 0.25) is 5.88 Å². The van der Waals surface area contributed by atoms with E-state index >= 15 is 0 Å². The van der Waals surface area contributed by atoms with Crippen LogP contribution in [0.2, 0.25) is 0 Å². The fourth-order valence-electron chi connectivity index (χ4n) is 4.31. The van der Waals surface area contributed by atoms with Crippen LogP contribution in [0.3, 0.4) is 0 Å². The molecule has 0 radical (unpaired) electrons. The summed E-state index contributed by atoms with van der Waals surface area (Å²) in [5.74, 6) is 1.20. The Kier molecular flexibility index (Phi) is 9.81. The Morgan fingerprint density at radius 1 is 0.895 bits per heavy atom. The lowest BCUT2D eigenvalue weighted by Crippen LogP contribution is -2.13. The summed E-state index contributed by atoms with van der Waals surface area (Å²) in [6.07, 6.45) is 5.87. The van der Waals surface area contributed by atoms with Crippen molar-refractivity contribution in [3.63, 3.8) is 0 Å². The zero-order chi connectivity index (χ0) is 26.7. The van der Waals surface area contributed by atoms with Crippen LogP contribution in [-0.4, -0.2) is 39.9 Å². The third-order valence-corrected chi connectivity index (χ3v) is 6.31. The topological polar surface area (TPSA) is 103 Å². The summed E-state index contributed by atoms with van der Waals surface area (Å²) in [5, 5.41) is 3.86. The van der Waals surface area contributed by atoms with E-state index in [0.717, 1.165) is 78.0 Å². The molecule has 38 heavy (non-hydrogen) atoms. The first-order valence-corrected chi connectivity index (χ1v) is 13.4. The zero-order valence-corrected chi connectivity index (χ0v) is 22.5. The molecule has 8 nitrogen and oxygen atoms in total. The second-order valence-electron chi connectivity index (χ2n) is 9.28. The van der Waals surface area contributed by atoms with Gasteiger partial charge in [-0.3, -0.25) is 9.51 Å². The maximum Gasteiger partial charge on any atom is 0.439 e. The van der Waals surface area contributed by atoms with Crippen molar-refractivity contribution in [2.75, 3.05) is 19.8 Å². The van der Waals surface area contributed by atoms with Gasteiger partial charge in [0.15, 0.2) is 5.82 Å².